The highest BCUT2D eigenvalue weighted by Crippen LogP contribution is 2.13. The van der Waals surface area contributed by atoms with Crippen LogP contribution in [-0.4, -0.2) is 11.0 Å². The molecule has 0 saturated heterocycles. The van der Waals surface area contributed by atoms with E-state index in [0.29, 0.717) is 6.04 Å². The molecule has 1 N–H and O–H groups in total. The van der Waals surface area contributed by atoms with E-state index < -0.39 is 0 Å². The van der Waals surface area contributed by atoms with Gasteiger partial charge in [-0.15, -0.1) is 17.9 Å². The largest absolute Gasteiger partial charge is 0.309 e. The fraction of sp³-hybridized carbons (Fsp3) is 0.545. The third-order valence-electron chi connectivity index (χ3n) is 2.05. The van der Waals surface area contributed by atoms with Crippen LogP contribution < -0.4 is 5.32 Å². The molecule has 1 unspecified atom stereocenters. The van der Waals surface area contributed by atoms with Crippen molar-refractivity contribution in [3.8, 4) is 0 Å². The summed E-state index contributed by atoms with van der Waals surface area (Å²) in [5, 5.41) is 4.66. The highest BCUT2D eigenvalue weighted by atomic mass is 32.1. The van der Waals surface area contributed by atoms with E-state index in [4.69, 9.17) is 0 Å². The third kappa shape index (κ3) is 3.60. The van der Waals surface area contributed by atoms with E-state index >= 15 is 0 Å². The first kappa shape index (κ1) is 11.4. The zero-order chi connectivity index (χ0) is 10.4. The van der Waals surface area contributed by atoms with Crippen LogP contribution in [0.4, 0.5) is 0 Å². The average molecular weight is 210 g/mol. The molecule has 78 valence electrons. The van der Waals surface area contributed by atoms with Gasteiger partial charge in [-0.25, -0.2) is 4.98 Å². The predicted molar refractivity (Wildman–Crippen MR) is 62.6 cm³/mol. The molecule has 3 heteroatoms. The first-order valence-corrected chi connectivity index (χ1v) is 5.85. The van der Waals surface area contributed by atoms with Crippen molar-refractivity contribution in [3.05, 3.63) is 28.7 Å². The Kier molecular flexibility index (Phi) is 4.84. The minimum Gasteiger partial charge on any atom is -0.309 e. The third-order valence-corrected chi connectivity index (χ3v) is 3.19. The fourth-order valence-electron chi connectivity index (χ4n) is 1.20. The van der Waals surface area contributed by atoms with E-state index in [1.54, 1.807) is 11.3 Å². The van der Waals surface area contributed by atoms with E-state index in [9.17, 15) is 0 Å². The van der Waals surface area contributed by atoms with Gasteiger partial charge in [0.15, 0.2) is 0 Å². The van der Waals surface area contributed by atoms with Crippen LogP contribution >= 0.6 is 11.3 Å². The monoisotopic (exact) mass is 210 g/mol. The van der Waals surface area contributed by atoms with Gasteiger partial charge in [-0.05, 0) is 19.8 Å². The molecule has 1 atom stereocenters. The normalized spacial score (nSPS) is 12.7. The summed E-state index contributed by atoms with van der Waals surface area (Å²) in [4.78, 5) is 5.63. The van der Waals surface area contributed by atoms with Gasteiger partial charge in [0.05, 0.1) is 5.01 Å². The Morgan fingerprint density at radius 3 is 3.07 bits per heavy atom. The summed E-state index contributed by atoms with van der Waals surface area (Å²) in [6.45, 7) is 8.95. The number of hydrogen-bond acceptors (Lipinski definition) is 3. The zero-order valence-corrected chi connectivity index (χ0v) is 9.73. The standard InChI is InChI=1S/C11H18N2S/c1-4-6-9(3)12-7-10-8-13-11(5-2)14-10/h4,8-9,12H,1,5-7H2,2-3H3. The maximum Gasteiger partial charge on any atom is 0.0925 e. The second-order valence-corrected chi connectivity index (χ2v) is 4.58. The summed E-state index contributed by atoms with van der Waals surface area (Å²) in [5.41, 5.74) is 0. The molecule has 0 amide bonds. The molecule has 0 radical (unpaired) electrons. The van der Waals surface area contributed by atoms with Gasteiger partial charge in [-0.2, -0.15) is 0 Å². The highest BCUT2D eigenvalue weighted by Gasteiger charge is 2.02. The highest BCUT2D eigenvalue weighted by molar-refractivity contribution is 7.11. The second kappa shape index (κ2) is 5.94. The molecule has 2 nitrogen and oxygen atoms in total. The summed E-state index contributed by atoms with van der Waals surface area (Å²) < 4.78 is 0. The lowest BCUT2D eigenvalue weighted by atomic mass is 10.2. The molecule has 0 aliphatic carbocycles. The summed E-state index contributed by atoms with van der Waals surface area (Å²) in [6.07, 6.45) is 5.96. The molecule has 0 aliphatic rings. The van der Waals surface area contributed by atoms with Crippen LogP contribution in [0, 0.1) is 0 Å². The molecule has 0 spiro atoms. The SMILES string of the molecule is C=CCC(C)NCc1cnc(CC)s1. The van der Waals surface area contributed by atoms with Crippen molar-refractivity contribution in [2.75, 3.05) is 0 Å². The number of nitrogens with one attached hydrogen (secondary N) is 1. The number of aromatic nitrogens is 1. The topological polar surface area (TPSA) is 24.9 Å². The molecule has 1 aromatic rings. The van der Waals surface area contributed by atoms with Crippen LogP contribution in [0.1, 0.15) is 30.2 Å². The van der Waals surface area contributed by atoms with Gasteiger partial charge in [-0.3, -0.25) is 0 Å². The van der Waals surface area contributed by atoms with E-state index in [1.165, 1.54) is 9.88 Å². The first-order valence-electron chi connectivity index (χ1n) is 5.04. The van der Waals surface area contributed by atoms with Crippen molar-refractivity contribution in [2.45, 2.75) is 39.3 Å². The maximum absolute atomic E-state index is 4.32. The zero-order valence-electron chi connectivity index (χ0n) is 8.92. The predicted octanol–water partition coefficient (Wildman–Crippen LogP) is 2.76. The van der Waals surface area contributed by atoms with Gasteiger partial charge in [0.25, 0.3) is 0 Å². The summed E-state index contributed by atoms with van der Waals surface area (Å²) in [7, 11) is 0. The fourth-order valence-corrected chi connectivity index (χ4v) is 2.01. The molecule has 0 bridgehead atoms. The Labute approximate surface area is 90.1 Å². The Hall–Kier alpha value is -0.670. The van der Waals surface area contributed by atoms with E-state index in [1.807, 2.05) is 12.3 Å². The molecule has 0 aromatic carbocycles. The van der Waals surface area contributed by atoms with Crippen LogP contribution in [0.25, 0.3) is 0 Å². The average Bonchev–Trinajstić information content (AvgIpc) is 2.63. The van der Waals surface area contributed by atoms with Gasteiger partial charge >= 0.3 is 0 Å². The van der Waals surface area contributed by atoms with Crippen LogP contribution in [0.5, 0.6) is 0 Å². The minimum atomic E-state index is 0.500. The van der Waals surface area contributed by atoms with Gasteiger partial charge in [0.2, 0.25) is 0 Å². The molecule has 0 aliphatic heterocycles. The molecule has 1 rings (SSSR count). The van der Waals surface area contributed by atoms with Crippen molar-refractivity contribution in [1.82, 2.24) is 10.3 Å². The summed E-state index contributed by atoms with van der Waals surface area (Å²) >= 11 is 1.79. The second-order valence-electron chi connectivity index (χ2n) is 3.38. The number of rotatable bonds is 6. The lowest BCUT2D eigenvalue weighted by Gasteiger charge is -2.09. The number of nitrogens with zero attached hydrogens (tertiary/aromatic N) is 1. The summed E-state index contributed by atoms with van der Waals surface area (Å²) in [6, 6.07) is 0.500. The molecular formula is C11H18N2S. The van der Waals surface area contributed by atoms with Crippen molar-refractivity contribution >= 4 is 11.3 Å². The van der Waals surface area contributed by atoms with Crippen molar-refractivity contribution in [2.24, 2.45) is 0 Å². The number of aryl methyl sites for hydroxylation is 1. The Morgan fingerprint density at radius 1 is 1.71 bits per heavy atom. The van der Waals surface area contributed by atoms with E-state index in [0.717, 1.165) is 19.4 Å². The van der Waals surface area contributed by atoms with Crippen molar-refractivity contribution in [3.63, 3.8) is 0 Å². The Morgan fingerprint density at radius 2 is 2.50 bits per heavy atom. The molecule has 14 heavy (non-hydrogen) atoms. The molecule has 0 saturated carbocycles. The van der Waals surface area contributed by atoms with Crippen LogP contribution in [0.15, 0.2) is 18.9 Å². The van der Waals surface area contributed by atoms with Crippen LogP contribution in [0.3, 0.4) is 0 Å². The van der Waals surface area contributed by atoms with Crippen LogP contribution in [-0.2, 0) is 13.0 Å². The maximum atomic E-state index is 4.32. The van der Waals surface area contributed by atoms with Crippen molar-refractivity contribution in [1.29, 1.82) is 0 Å². The summed E-state index contributed by atoms with van der Waals surface area (Å²) in [5.74, 6) is 0. The quantitative estimate of drug-likeness (QED) is 0.730. The first-order chi connectivity index (χ1) is 6.76. The Balaban J connectivity index is 2.33. The minimum absolute atomic E-state index is 0.500. The van der Waals surface area contributed by atoms with Crippen molar-refractivity contribution < 1.29 is 0 Å². The number of thiazole rings is 1. The lowest BCUT2D eigenvalue weighted by molar-refractivity contribution is 0.557. The lowest BCUT2D eigenvalue weighted by Crippen LogP contribution is -2.24. The van der Waals surface area contributed by atoms with Crippen LogP contribution in [0.2, 0.25) is 0 Å². The molecular weight excluding hydrogens is 192 g/mol. The molecule has 1 aromatic heterocycles. The van der Waals surface area contributed by atoms with Gasteiger partial charge in [0, 0.05) is 23.7 Å². The number of hydrogen-bond donors (Lipinski definition) is 1. The molecule has 0 fully saturated rings. The van der Waals surface area contributed by atoms with Gasteiger partial charge < -0.3 is 5.32 Å². The van der Waals surface area contributed by atoms with E-state index in [-0.39, 0.29) is 0 Å². The van der Waals surface area contributed by atoms with Gasteiger partial charge in [0.1, 0.15) is 0 Å². The Bertz CT molecular complexity index is 281. The van der Waals surface area contributed by atoms with Gasteiger partial charge in [-0.1, -0.05) is 13.0 Å². The molecule has 1 heterocycles. The van der Waals surface area contributed by atoms with E-state index in [2.05, 4.69) is 30.7 Å². The smallest absolute Gasteiger partial charge is 0.0925 e.